The Labute approximate surface area is 201 Å². The molecular formula is C25H25N5O5. The second-order valence-corrected chi connectivity index (χ2v) is 9.82. The van der Waals surface area contributed by atoms with E-state index in [1.165, 1.54) is 12.1 Å². The Morgan fingerprint density at radius 3 is 2.43 bits per heavy atom. The lowest BCUT2D eigenvalue weighted by molar-refractivity contribution is -0.384. The van der Waals surface area contributed by atoms with Crippen molar-refractivity contribution in [2.75, 3.05) is 6.61 Å². The predicted octanol–water partition coefficient (Wildman–Crippen LogP) is 3.09. The van der Waals surface area contributed by atoms with Crippen LogP contribution in [0.3, 0.4) is 0 Å². The average Bonchev–Trinajstić information content (AvgIpc) is 3.14. The second kappa shape index (κ2) is 7.72. The predicted molar refractivity (Wildman–Crippen MR) is 126 cm³/mol. The summed E-state index contributed by atoms with van der Waals surface area (Å²) in [6.45, 7) is 5.84. The molecule has 10 heteroatoms. The summed E-state index contributed by atoms with van der Waals surface area (Å²) in [5.74, 6) is -0.353. The molecule has 2 unspecified atom stereocenters. The molecule has 3 aromatic rings. The number of aromatic nitrogens is 2. The van der Waals surface area contributed by atoms with Crippen LogP contribution in [0.1, 0.15) is 45.0 Å². The van der Waals surface area contributed by atoms with Gasteiger partial charge in [-0.15, -0.1) is 0 Å². The van der Waals surface area contributed by atoms with Crippen LogP contribution in [-0.2, 0) is 20.4 Å². The maximum atomic E-state index is 13.7. The Bertz CT molecular complexity index is 1380. The third-order valence-electron chi connectivity index (χ3n) is 8.05. The number of fused-ring (bicyclic) bond motifs is 6. The maximum absolute atomic E-state index is 13.7. The largest absolute Gasteiger partial charge is 0.484 e. The number of hydrogen-bond acceptors (Lipinski definition) is 7. The van der Waals surface area contributed by atoms with E-state index in [1.54, 1.807) is 30.3 Å². The highest BCUT2D eigenvalue weighted by atomic mass is 16.6. The first kappa shape index (κ1) is 22.7. The summed E-state index contributed by atoms with van der Waals surface area (Å²) in [5, 5.41) is 11.3. The SMILES string of the molecule is CC12CCC(C(=O)NNC(=O)COc3ccccc3)(c3nc4cc([N+](=O)[O-])ccc4nc31)C2(C)C. The Morgan fingerprint density at radius 1 is 1.00 bits per heavy atom. The standard InChI is InChI=1S/C25H25N5O5/c1-23(2)24(3)11-12-25(23,22(32)29-28-19(31)14-35-16-7-5-4-6-8-16)21-20(24)26-17-10-9-15(30(33)34)13-18(17)27-21/h4-10,13H,11-12,14H2,1-3H3,(H,28,31)(H,29,32). The van der Waals surface area contributed by atoms with Crippen LogP contribution >= 0.6 is 0 Å². The molecule has 1 aromatic heterocycles. The summed E-state index contributed by atoms with van der Waals surface area (Å²) in [6, 6.07) is 13.3. The summed E-state index contributed by atoms with van der Waals surface area (Å²) < 4.78 is 5.44. The van der Waals surface area contributed by atoms with Crippen molar-refractivity contribution >= 4 is 28.5 Å². The minimum Gasteiger partial charge on any atom is -0.484 e. The van der Waals surface area contributed by atoms with E-state index in [1.807, 2.05) is 19.9 Å². The number of carbonyl (C=O) groups excluding carboxylic acids is 2. The molecule has 2 aliphatic carbocycles. The summed E-state index contributed by atoms with van der Waals surface area (Å²) in [5.41, 5.74) is 5.01. The maximum Gasteiger partial charge on any atom is 0.276 e. The molecule has 2 aromatic carbocycles. The lowest BCUT2D eigenvalue weighted by Gasteiger charge is -2.39. The number of carbonyl (C=O) groups is 2. The number of nitro benzene ring substituents is 1. The van der Waals surface area contributed by atoms with Gasteiger partial charge in [0, 0.05) is 17.5 Å². The second-order valence-electron chi connectivity index (χ2n) is 9.82. The number of ether oxygens (including phenoxy) is 1. The van der Waals surface area contributed by atoms with Gasteiger partial charge in [0.15, 0.2) is 6.61 Å². The first-order valence-corrected chi connectivity index (χ1v) is 11.3. The number of hydrazine groups is 1. The van der Waals surface area contributed by atoms with Gasteiger partial charge in [-0.3, -0.25) is 30.6 Å². The molecule has 1 fully saturated rings. The number of nitrogens with zero attached hydrogens (tertiary/aromatic N) is 3. The number of amides is 2. The molecule has 2 bridgehead atoms. The molecule has 2 amide bonds. The molecule has 2 N–H and O–H groups in total. The molecule has 0 radical (unpaired) electrons. The van der Waals surface area contributed by atoms with Crippen molar-refractivity contribution in [3.05, 3.63) is 70.0 Å². The van der Waals surface area contributed by atoms with Gasteiger partial charge in [-0.05, 0) is 36.5 Å². The van der Waals surface area contributed by atoms with E-state index in [0.717, 1.165) is 12.1 Å². The van der Waals surface area contributed by atoms with Crippen molar-refractivity contribution in [3.63, 3.8) is 0 Å². The highest BCUT2D eigenvalue weighted by Crippen LogP contribution is 2.70. The highest BCUT2D eigenvalue weighted by Gasteiger charge is 2.73. The highest BCUT2D eigenvalue weighted by molar-refractivity contribution is 5.94. The molecule has 1 saturated carbocycles. The van der Waals surface area contributed by atoms with E-state index in [0.29, 0.717) is 28.9 Å². The number of benzene rings is 2. The normalized spacial score (nSPS) is 23.5. The van der Waals surface area contributed by atoms with Crippen molar-refractivity contribution in [1.29, 1.82) is 0 Å². The monoisotopic (exact) mass is 475 g/mol. The lowest BCUT2D eigenvalue weighted by Crippen LogP contribution is -2.56. The Balaban J connectivity index is 1.44. The molecule has 2 atom stereocenters. The van der Waals surface area contributed by atoms with Crippen molar-refractivity contribution in [2.24, 2.45) is 5.41 Å². The van der Waals surface area contributed by atoms with Crippen LogP contribution in [0.2, 0.25) is 0 Å². The van der Waals surface area contributed by atoms with Crippen molar-refractivity contribution in [2.45, 2.75) is 44.4 Å². The summed E-state index contributed by atoms with van der Waals surface area (Å²) in [4.78, 5) is 46.4. The molecule has 0 saturated heterocycles. The van der Waals surface area contributed by atoms with E-state index >= 15 is 0 Å². The number of nitro groups is 1. The average molecular weight is 476 g/mol. The van der Waals surface area contributed by atoms with E-state index < -0.39 is 33.0 Å². The van der Waals surface area contributed by atoms with Gasteiger partial charge in [0.25, 0.3) is 17.5 Å². The number of rotatable bonds is 5. The molecule has 0 aliphatic heterocycles. The van der Waals surface area contributed by atoms with Crippen LogP contribution in [0.25, 0.3) is 11.0 Å². The summed E-state index contributed by atoms with van der Waals surface area (Å²) in [6.07, 6.45) is 1.24. The van der Waals surface area contributed by atoms with Crippen molar-refractivity contribution in [3.8, 4) is 5.75 Å². The Morgan fingerprint density at radius 2 is 1.71 bits per heavy atom. The fourth-order valence-corrected chi connectivity index (χ4v) is 5.64. The molecule has 1 heterocycles. The first-order chi connectivity index (χ1) is 16.6. The minimum absolute atomic E-state index is 0.0930. The fourth-order valence-electron chi connectivity index (χ4n) is 5.64. The van der Waals surface area contributed by atoms with Gasteiger partial charge in [0.05, 0.1) is 27.3 Å². The zero-order chi connectivity index (χ0) is 25.0. The molecule has 2 aliphatic rings. The molecular weight excluding hydrogens is 450 g/mol. The van der Waals surface area contributed by atoms with Crippen LogP contribution in [-0.4, -0.2) is 33.3 Å². The van der Waals surface area contributed by atoms with Gasteiger partial charge in [-0.25, -0.2) is 9.97 Å². The van der Waals surface area contributed by atoms with Gasteiger partial charge in [-0.1, -0.05) is 39.0 Å². The number of nitrogens with one attached hydrogen (secondary N) is 2. The van der Waals surface area contributed by atoms with Crippen LogP contribution < -0.4 is 15.6 Å². The number of non-ortho nitro benzene ring substituents is 1. The Kier molecular flexibility index (Phi) is 5.01. The fraction of sp³-hybridized carbons (Fsp3) is 0.360. The van der Waals surface area contributed by atoms with Crippen LogP contribution in [0.15, 0.2) is 48.5 Å². The zero-order valence-electron chi connectivity index (χ0n) is 19.6. The molecule has 180 valence electrons. The number of hydrogen-bond donors (Lipinski definition) is 2. The van der Waals surface area contributed by atoms with E-state index in [4.69, 9.17) is 14.7 Å². The van der Waals surface area contributed by atoms with Crippen LogP contribution in [0.4, 0.5) is 5.69 Å². The Hall–Kier alpha value is -4.08. The smallest absolute Gasteiger partial charge is 0.276 e. The van der Waals surface area contributed by atoms with Gasteiger partial charge < -0.3 is 4.74 Å². The van der Waals surface area contributed by atoms with Gasteiger partial charge in [0.1, 0.15) is 11.2 Å². The van der Waals surface area contributed by atoms with E-state index in [-0.39, 0.29) is 12.3 Å². The van der Waals surface area contributed by atoms with Gasteiger partial charge >= 0.3 is 0 Å². The van der Waals surface area contributed by atoms with Crippen molar-refractivity contribution in [1.82, 2.24) is 20.8 Å². The van der Waals surface area contributed by atoms with Crippen LogP contribution in [0, 0.1) is 15.5 Å². The first-order valence-electron chi connectivity index (χ1n) is 11.3. The van der Waals surface area contributed by atoms with Gasteiger partial charge in [0.2, 0.25) is 0 Å². The van der Waals surface area contributed by atoms with Gasteiger partial charge in [-0.2, -0.15) is 0 Å². The third-order valence-corrected chi connectivity index (χ3v) is 8.05. The third kappa shape index (κ3) is 3.16. The molecule has 10 nitrogen and oxygen atoms in total. The zero-order valence-corrected chi connectivity index (χ0v) is 19.6. The number of para-hydroxylation sites is 1. The molecule has 5 rings (SSSR count). The topological polar surface area (TPSA) is 136 Å². The quantitative estimate of drug-likeness (QED) is 0.427. The van der Waals surface area contributed by atoms with Crippen LogP contribution in [0.5, 0.6) is 5.75 Å². The minimum atomic E-state index is -1.06. The summed E-state index contributed by atoms with van der Waals surface area (Å²) >= 11 is 0. The van der Waals surface area contributed by atoms with E-state index in [2.05, 4.69) is 17.8 Å². The molecule has 35 heavy (non-hydrogen) atoms. The molecule has 0 spiro atoms. The van der Waals surface area contributed by atoms with Crippen molar-refractivity contribution < 1.29 is 19.2 Å². The lowest BCUT2D eigenvalue weighted by atomic mass is 9.63. The summed E-state index contributed by atoms with van der Waals surface area (Å²) in [7, 11) is 0. The van der Waals surface area contributed by atoms with E-state index in [9.17, 15) is 19.7 Å².